The number of esters is 1. The molecule has 3 aliphatic heterocycles. The molecule has 3 aliphatic rings. The van der Waals surface area contributed by atoms with E-state index in [0.717, 1.165) is 18.4 Å². The highest BCUT2D eigenvalue weighted by atomic mass is 32.2. The van der Waals surface area contributed by atoms with Crippen LogP contribution in [-0.4, -0.2) is 75.0 Å². The van der Waals surface area contributed by atoms with E-state index in [0.29, 0.717) is 32.5 Å². The van der Waals surface area contributed by atoms with Crippen molar-refractivity contribution in [2.24, 2.45) is 11.8 Å². The molecule has 1 aromatic carbocycles. The summed E-state index contributed by atoms with van der Waals surface area (Å²) >= 11 is 1.61. The number of unbranched alkanes of at least 4 members (excludes halogenated alkanes) is 1. The van der Waals surface area contributed by atoms with Crippen LogP contribution in [-0.2, 0) is 25.7 Å². The number of likely N-dealkylation sites (tertiary alicyclic amines) is 1. The average molecular weight is 499 g/mol. The molecule has 188 valence electrons. The lowest BCUT2D eigenvalue weighted by atomic mass is 9.71. The van der Waals surface area contributed by atoms with Crippen LogP contribution in [0.5, 0.6) is 0 Å². The van der Waals surface area contributed by atoms with Gasteiger partial charge in [-0.2, -0.15) is 0 Å². The first-order valence-corrected chi connectivity index (χ1v) is 13.2. The van der Waals surface area contributed by atoms with E-state index < -0.39 is 22.6 Å². The van der Waals surface area contributed by atoms with E-state index >= 15 is 0 Å². The molecule has 0 aliphatic carbocycles. The Kier molecular flexibility index (Phi) is 8.02. The number of β-amino-alcohol motifs (C(OH)–C–C–N with tert-alkyl or cyclic N) is 1. The first-order chi connectivity index (χ1) is 17.0. The number of nitrogens with zero attached hydrogens (tertiary/aromatic N) is 2. The predicted octanol–water partition coefficient (Wildman–Crippen LogP) is 2.79. The number of hydrogen-bond acceptors (Lipinski definition) is 6. The van der Waals surface area contributed by atoms with Crippen LogP contribution in [0.2, 0.25) is 0 Å². The van der Waals surface area contributed by atoms with Crippen LogP contribution in [0.15, 0.2) is 55.6 Å². The third-order valence-corrected chi connectivity index (χ3v) is 9.27. The Balaban J connectivity index is 1.62. The third-order valence-electron chi connectivity index (χ3n) is 7.32. The van der Waals surface area contributed by atoms with E-state index in [9.17, 15) is 19.5 Å². The standard InChI is InChI=1S/C27H34N2O5S/c1-3-5-9-17-34-26(33)21-20-12-13-27(35-20)22(21)24(31)29(15-16-30)23(27)25(32)28(14-4-2)18-19-10-7-6-8-11-19/h3-4,6-8,10-11,20-23,30H,1-2,5,9,12-18H2/t20-,21+,22-,23?,27?/m0/s1. The Hall–Kier alpha value is -2.58. The first-order valence-electron chi connectivity index (χ1n) is 12.3. The zero-order valence-corrected chi connectivity index (χ0v) is 20.8. The normalized spacial score (nSPS) is 28.6. The van der Waals surface area contributed by atoms with Gasteiger partial charge in [0.25, 0.3) is 0 Å². The van der Waals surface area contributed by atoms with Gasteiger partial charge in [-0.05, 0) is 31.2 Å². The summed E-state index contributed by atoms with van der Waals surface area (Å²) < 4.78 is 4.88. The molecule has 4 rings (SSSR count). The lowest BCUT2D eigenvalue weighted by molar-refractivity contribution is -0.154. The minimum atomic E-state index is -0.732. The van der Waals surface area contributed by atoms with Gasteiger partial charge in [-0.25, -0.2) is 0 Å². The molecule has 2 amide bonds. The molecule has 0 saturated carbocycles. The number of hydrogen-bond donors (Lipinski definition) is 1. The number of aliphatic hydroxyl groups is 1. The zero-order chi connectivity index (χ0) is 25.0. The van der Waals surface area contributed by atoms with Gasteiger partial charge in [0.15, 0.2) is 0 Å². The summed E-state index contributed by atoms with van der Waals surface area (Å²) in [5.41, 5.74) is 0.985. The van der Waals surface area contributed by atoms with Gasteiger partial charge in [0.1, 0.15) is 6.04 Å². The molecule has 7 nitrogen and oxygen atoms in total. The molecule has 8 heteroatoms. The molecule has 3 fully saturated rings. The van der Waals surface area contributed by atoms with Gasteiger partial charge in [-0.1, -0.05) is 42.5 Å². The fourth-order valence-corrected chi connectivity index (χ4v) is 8.11. The number of fused-ring (bicyclic) bond motifs is 1. The number of carbonyl (C=O) groups is 3. The molecule has 2 unspecified atom stereocenters. The highest BCUT2D eigenvalue weighted by Gasteiger charge is 2.74. The molecule has 0 radical (unpaired) electrons. The largest absolute Gasteiger partial charge is 0.465 e. The monoisotopic (exact) mass is 498 g/mol. The molecule has 35 heavy (non-hydrogen) atoms. The summed E-state index contributed by atoms with van der Waals surface area (Å²) in [5.74, 6) is -1.91. The van der Waals surface area contributed by atoms with Crippen LogP contribution >= 0.6 is 11.8 Å². The van der Waals surface area contributed by atoms with Crippen LogP contribution < -0.4 is 0 Å². The van der Waals surface area contributed by atoms with E-state index in [2.05, 4.69) is 13.2 Å². The third kappa shape index (κ3) is 4.66. The van der Waals surface area contributed by atoms with Crippen molar-refractivity contribution in [3.8, 4) is 0 Å². The van der Waals surface area contributed by atoms with Crippen molar-refractivity contribution >= 4 is 29.5 Å². The van der Waals surface area contributed by atoms with Gasteiger partial charge in [0.2, 0.25) is 11.8 Å². The second kappa shape index (κ2) is 11.0. The van der Waals surface area contributed by atoms with E-state index in [-0.39, 0.29) is 36.2 Å². The van der Waals surface area contributed by atoms with E-state index in [1.807, 2.05) is 30.3 Å². The lowest BCUT2D eigenvalue weighted by Gasteiger charge is -2.37. The Labute approximate surface area is 211 Å². The second-order valence-corrected chi connectivity index (χ2v) is 11.0. The number of carbonyl (C=O) groups excluding carboxylic acids is 3. The summed E-state index contributed by atoms with van der Waals surface area (Å²) in [6, 6.07) is 8.98. The first kappa shape index (κ1) is 25.5. The molecule has 1 spiro atoms. The number of thioether (sulfide) groups is 1. The van der Waals surface area contributed by atoms with E-state index in [1.165, 1.54) is 4.90 Å². The van der Waals surface area contributed by atoms with Gasteiger partial charge in [0.05, 0.1) is 29.8 Å². The highest BCUT2D eigenvalue weighted by Crippen LogP contribution is 2.66. The van der Waals surface area contributed by atoms with Crippen molar-refractivity contribution in [2.45, 2.75) is 48.3 Å². The van der Waals surface area contributed by atoms with Crippen molar-refractivity contribution in [3.63, 3.8) is 0 Å². The lowest BCUT2D eigenvalue weighted by Crippen LogP contribution is -2.54. The van der Waals surface area contributed by atoms with Crippen molar-refractivity contribution in [1.82, 2.24) is 9.80 Å². The number of amides is 2. The maximum absolute atomic E-state index is 14.1. The second-order valence-electron chi connectivity index (χ2n) is 9.40. The van der Waals surface area contributed by atoms with Crippen molar-refractivity contribution < 1.29 is 24.2 Å². The average Bonchev–Trinajstić information content (AvgIpc) is 3.50. The SMILES string of the molecule is C=CCCCOC(=O)[C@@H]1[C@@H]2CCC3(S2)C(C(=O)N(CC=C)Cc2ccccc2)N(CCO)C(=O)[C@H]13. The Bertz CT molecular complexity index is 970. The Morgan fingerprint density at radius 2 is 2.03 bits per heavy atom. The molecule has 1 aromatic rings. The molecule has 3 heterocycles. The molecule has 3 saturated heterocycles. The summed E-state index contributed by atoms with van der Waals surface area (Å²) in [4.78, 5) is 44.1. The van der Waals surface area contributed by atoms with Crippen LogP contribution in [0.1, 0.15) is 31.2 Å². The molecular weight excluding hydrogens is 464 g/mol. The molecule has 2 bridgehead atoms. The topological polar surface area (TPSA) is 87.2 Å². The van der Waals surface area contributed by atoms with Crippen LogP contribution in [0.3, 0.4) is 0 Å². The zero-order valence-electron chi connectivity index (χ0n) is 20.0. The van der Waals surface area contributed by atoms with Gasteiger partial charge < -0.3 is 19.6 Å². The summed E-state index contributed by atoms with van der Waals surface area (Å²) in [7, 11) is 0. The summed E-state index contributed by atoms with van der Waals surface area (Å²) in [6.07, 6.45) is 6.36. The number of rotatable bonds is 12. The van der Waals surface area contributed by atoms with Crippen LogP contribution in [0, 0.1) is 11.8 Å². The van der Waals surface area contributed by atoms with Crippen LogP contribution in [0.25, 0.3) is 0 Å². The predicted molar refractivity (Wildman–Crippen MR) is 135 cm³/mol. The fourth-order valence-electron chi connectivity index (χ4n) is 5.91. The summed E-state index contributed by atoms with van der Waals surface area (Å²) in [6.45, 7) is 8.35. The maximum Gasteiger partial charge on any atom is 0.310 e. The smallest absolute Gasteiger partial charge is 0.310 e. The van der Waals surface area contributed by atoms with E-state index in [4.69, 9.17) is 4.74 Å². The number of allylic oxidation sites excluding steroid dienone is 1. The van der Waals surface area contributed by atoms with Gasteiger partial charge in [-0.3, -0.25) is 14.4 Å². The van der Waals surface area contributed by atoms with Gasteiger partial charge >= 0.3 is 5.97 Å². The quantitative estimate of drug-likeness (QED) is 0.271. The minimum absolute atomic E-state index is 0.0376. The molecule has 5 atom stereocenters. The van der Waals surface area contributed by atoms with Crippen molar-refractivity contribution in [1.29, 1.82) is 0 Å². The maximum atomic E-state index is 14.1. The molecule has 1 N–H and O–H groups in total. The Morgan fingerprint density at radius 1 is 1.26 bits per heavy atom. The van der Waals surface area contributed by atoms with E-state index in [1.54, 1.807) is 28.8 Å². The molecular formula is C27H34N2O5S. The van der Waals surface area contributed by atoms with Crippen molar-refractivity contribution in [3.05, 3.63) is 61.2 Å². The van der Waals surface area contributed by atoms with Crippen LogP contribution in [0.4, 0.5) is 0 Å². The van der Waals surface area contributed by atoms with Crippen molar-refractivity contribution in [2.75, 3.05) is 26.3 Å². The number of ether oxygens (including phenoxy) is 1. The fraction of sp³-hybridized carbons (Fsp3) is 0.519. The molecule has 0 aromatic heterocycles. The number of aliphatic hydroxyl groups excluding tert-OH is 1. The Morgan fingerprint density at radius 3 is 2.71 bits per heavy atom. The van der Waals surface area contributed by atoms with Gasteiger partial charge in [0, 0.05) is 24.9 Å². The highest BCUT2D eigenvalue weighted by molar-refractivity contribution is 8.02. The minimum Gasteiger partial charge on any atom is -0.465 e. The van der Waals surface area contributed by atoms with Gasteiger partial charge in [-0.15, -0.1) is 24.9 Å². The number of benzene rings is 1. The summed E-state index contributed by atoms with van der Waals surface area (Å²) in [5, 5.41) is 9.71.